The predicted octanol–water partition coefficient (Wildman–Crippen LogP) is 7.48. The number of aryl methyl sites for hydroxylation is 4. The summed E-state index contributed by atoms with van der Waals surface area (Å²) in [5.41, 5.74) is 2.05. The third-order valence-electron chi connectivity index (χ3n) is 6.25. The minimum Gasteiger partial charge on any atom is -0.457 e. The molecule has 0 saturated carbocycles. The van der Waals surface area contributed by atoms with E-state index in [4.69, 9.17) is 4.74 Å². The second-order valence-corrected chi connectivity index (χ2v) is 9.14. The fraction of sp³-hybridized carbons (Fsp3) is 0.200. The summed E-state index contributed by atoms with van der Waals surface area (Å²) in [5, 5.41) is 9.44. The number of benzene rings is 3. The van der Waals surface area contributed by atoms with Crippen molar-refractivity contribution < 1.29 is 17.9 Å². The van der Waals surface area contributed by atoms with Crippen LogP contribution in [-0.4, -0.2) is 4.57 Å². The van der Waals surface area contributed by atoms with Crippen molar-refractivity contribution in [2.45, 2.75) is 40.4 Å². The number of pyridine rings is 1. The predicted molar refractivity (Wildman–Crippen MR) is 137 cm³/mol. The van der Waals surface area contributed by atoms with E-state index >= 15 is 0 Å². The Labute approximate surface area is 213 Å². The number of hydrogen-bond donors (Lipinski definition) is 0. The van der Waals surface area contributed by atoms with Gasteiger partial charge in [0, 0.05) is 0 Å². The fourth-order valence-electron chi connectivity index (χ4n) is 4.30. The minimum atomic E-state index is -4.86. The summed E-state index contributed by atoms with van der Waals surface area (Å²) in [4.78, 5) is 13.2. The van der Waals surface area contributed by atoms with Crippen LogP contribution < -0.4 is 10.3 Å². The van der Waals surface area contributed by atoms with Gasteiger partial charge >= 0.3 is 6.18 Å². The van der Waals surface area contributed by atoms with Crippen LogP contribution in [0.1, 0.15) is 38.9 Å². The van der Waals surface area contributed by atoms with E-state index in [0.29, 0.717) is 17.1 Å². The Kier molecular flexibility index (Phi) is 6.95. The zero-order valence-electron chi connectivity index (χ0n) is 20.9. The molecule has 4 nitrogen and oxygen atoms in total. The van der Waals surface area contributed by atoms with E-state index in [1.165, 1.54) is 10.6 Å². The number of halogens is 3. The second-order valence-electron chi connectivity index (χ2n) is 9.14. The topological polar surface area (TPSA) is 55.0 Å². The average molecular weight is 503 g/mol. The molecule has 0 amide bonds. The van der Waals surface area contributed by atoms with Crippen molar-refractivity contribution >= 4 is 0 Å². The van der Waals surface area contributed by atoms with Crippen LogP contribution >= 0.6 is 0 Å². The Morgan fingerprint density at radius 1 is 0.865 bits per heavy atom. The van der Waals surface area contributed by atoms with E-state index in [2.05, 4.69) is 0 Å². The Morgan fingerprint density at radius 2 is 1.49 bits per heavy atom. The Bertz CT molecular complexity index is 1580. The highest BCUT2D eigenvalue weighted by molar-refractivity contribution is 5.64. The fourth-order valence-corrected chi connectivity index (χ4v) is 4.30. The lowest BCUT2D eigenvalue weighted by molar-refractivity contribution is -0.137. The first kappa shape index (κ1) is 25.8. The van der Waals surface area contributed by atoms with Crippen molar-refractivity contribution in [2.24, 2.45) is 0 Å². The van der Waals surface area contributed by atoms with Crippen LogP contribution in [0.25, 0.3) is 11.3 Å². The number of nitrogens with zero attached hydrogens (tertiary/aromatic N) is 2. The first-order chi connectivity index (χ1) is 17.5. The molecule has 4 rings (SSSR count). The first-order valence-corrected chi connectivity index (χ1v) is 11.6. The molecule has 0 bridgehead atoms. The number of ether oxygens (including phenoxy) is 1. The van der Waals surface area contributed by atoms with Crippen LogP contribution in [0, 0.1) is 39.0 Å². The zero-order chi connectivity index (χ0) is 26.9. The van der Waals surface area contributed by atoms with E-state index in [0.717, 1.165) is 33.9 Å². The van der Waals surface area contributed by atoms with Crippen molar-refractivity contribution in [2.75, 3.05) is 0 Å². The van der Waals surface area contributed by atoms with Crippen molar-refractivity contribution in [3.63, 3.8) is 0 Å². The summed E-state index contributed by atoms with van der Waals surface area (Å²) < 4.78 is 48.7. The summed E-state index contributed by atoms with van der Waals surface area (Å²) in [6.45, 7) is 7.74. The normalized spacial score (nSPS) is 11.3. The molecule has 0 saturated heterocycles. The van der Waals surface area contributed by atoms with Gasteiger partial charge in [0.05, 0.1) is 17.8 Å². The number of nitriles is 1. The van der Waals surface area contributed by atoms with Crippen LogP contribution in [0.15, 0.2) is 71.5 Å². The SMILES string of the molecule is Cc1ccc(Cn2c(-c3ccc(Oc4ccc(C)cc4C)cc3)cc(C(F)(F)F)c(C#N)c2=O)c(C)c1. The lowest BCUT2D eigenvalue weighted by Crippen LogP contribution is -2.29. The third kappa shape index (κ3) is 5.44. The van der Waals surface area contributed by atoms with Crippen molar-refractivity contribution in [1.29, 1.82) is 5.26 Å². The molecule has 0 unspecified atom stereocenters. The summed E-state index contributed by atoms with van der Waals surface area (Å²) in [6.07, 6.45) is -4.86. The van der Waals surface area contributed by atoms with Gasteiger partial charge in [0.2, 0.25) is 0 Å². The molecule has 1 aromatic heterocycles. The van der Waals surface area contributed by atoms with Gasteiger partial charge in [-0.3, -0.25) is 4.79 Å². The standard InChI is InChI=1S/C30H25F3N2O2/c1-18-5-7-23(20(3)13-18)17-35-27(15-26(30(31,32)33)25(16-34)29(35)36)22-8-10-24(11-9-22)37-28-12-6-19(2)14-21(28)4/h5-15H,17H2,1-4H3. The molecule has 1 heterocycles. The van der Waals surface area contributed by atoms with Gasteiger partial charge in [-0.15, -0.1) is 0 Å². The minimum absolute atomic E-state index is 0.0217. The molecule has 0 aliphatic carbocycles. The van der Waals surface area contributed by atoms with E-state index in [1.54, 1.807) is 24.3 Å². The Hall–Kier alpha value is -4.31. The van der Waals surface area contributed by atoms with E-state index in [1.807, 2.05) is 64.1 Å². The molecule has 0 atom stereocenters. The van der Waals surface area contributed by atoms with Crippen molar-refractivity contribution in [3.8, 4) is 28.8 Å². The van der Waals surface area contributed by atoms with Crippen LogP contribution in [0.4, 0.5) is 13.2 Å². The van der Waals surface area contributed by atoms with Gasteiger partial charge in [-0.1, -0.05) is 41.5 Å². The molecule has 188 valence electrons. The Balaban J connectivity index is 1.83. The summed E-state index contributed by atoms with van der Waals surface area (Å²) >= 11 is 0. The lowest BCUT2D eigenvalue weighted by Gasteiger charge is -2.19. The molecule has 7 heteroatoms. The largest absolute Gasteiger partial charge is 0.457 e. The number of alkyl halides is 3. The molecule has 0 aliphatic heterocycles. The van der Waals surface area contributed by atoms with E-state index < -0.39 is 22.9 Å². The zero-order valence-corrected chi connectivity index (χ0v) is 20.9. The van der Waals surface area contributed by atoms with Crippen LogP contribution in [0.3, 0.4) is 0 Å². The van der Waals surface area contributed by atoms with Gasteiger partial charge < -0.3 is 9.30 Å². The van der Waals surface area contributed by atoms with Crippen LogP contribution in [-0.2, 0) is 12.7 Å². The highest BCUT2D eigenvalue weighted by Gasteiger charge is 2.36. The highest BCUT2D eigenvalue weighted by atomic mass is 19.4. The maximum atomic E-state index is 13.8. The molecule has 3 aromatic carbocycles. The number of rotatable bonds is 5. The summed E-state index contributed by atoms with van der Waals surface area (Å²) in [6, 6.07) is 20.3. The van der Waals surface area contributed by atoms with Crippen molar-refractivity contribution in [1.82, 2.24) is 4.57 Å². The van der Waals surface area contributed by atoms with Crippen LogP contribution in [0.2, 0.25) is 0 Å². The molecular formula is C30H25F3N2O2. The molecule has 0 fully saturated rings. The van der Waals surface area contributed by atoms with Crippen molar-refractivity contribution in [3.05, 3.63) is 116 Å². The quantitative estimate of drug-likeness (QED) is 0.284. The monoisotopic (exact) mass is 502 g/mol. The molecule has 0 spiro atoms. The molecule has 37 heavy (non-hydrogen) atoms. The second kappa shape index (κ2) is 9.98. The van der Waals surface area contributed by atoms with Gasteiger partial charge in [0.25, 0.3) is 5.56 Å². The summed E-state index contributed by atoms with van der Waals surface area (Å²) in [7, 11) is 0. The highest BCUT2D eigenvalue weighted by Crippen LogP contribution is 2.35. The first-order valence-electron chi connectivity index (χ1n) is 11.6. The summed E-state index contributed by atoms with van der Waals surface area (Å²) in [5.74, 6) is 1.17. The molecule has 0 N–H and O–H groups in total. The molecule has 0 aliphatic rings. The smallest absolute Gasteiger partial charge is 0.417 e. The third-order valence-corrected chi connectivity index (χ3v) is 6.25. The van der Waals surface area contributed by atoms with Gasteiger partial charge in [-0.2, -0.15) is 18.4 Å². The van der Waals surface area contributed by atoms with E-state index in [9.17, 15) is 23.2 Å². The number of hydrogen-bond acceptors (Lipinski definition) is 3. The molecule has 4 aromatic rings. The average Bonchev–Trinajstić information content (AvgIpc) is 2.83. The van der Waals surface area contributed by atoms with E-state index in [-0.39, 0.29) is 12.2 Å². The maximum Gasteiger partial charge on any atom is 0.417 e. The lowest BCUT2D eigenvalue weighted by atomic mass is 10.0. The van der Waals surface area contributed by atoms with Gasteiger partial charge in [-0.25, -0.2) is 0 Å². The van der Waals surface area contributed by atoms with Crippen LogP contribution in [0.5, 0.6) is 11.5 Å². The van der Waals surface area contributed by atoms with Gasteiger partial charge in [0.15, 0.2) is 0 Å². The molecule has 0 radical (unpaired) electrons. The Morgan fingerprint density at radius 3 is 2.05 bits per heavy atom. The van der Waals surface area contributed by atoms with Gasteiger partial charge in [-0.05, 0) is 86.3 Å². The number of aromatic nitrogens is 1. The van der Waals surface area contributed by atoms with Gasteiger partial charge in [0.1, 0.15) is 23.1 Å². The molecular weight excluding hydrogens is 477 g/mol. The maximum absolute atomic E-state index is 13.8.